The summed E-state index contributed by atoms with van der Waals surface area (Å²) in [5.74, 6) is 0. The van der Waals surface area contributed by atoms with Crippen LogP contribution < -0.4 is 34.7 Å². The molecule has 1 nitrogen and oxygen atoms in total. The van der Waals surface area contributed by atoms with Crippen LogP contribution in [-0.2, 0) is 0 Å². The molecule has 56 valence electrons. The molecule has 0 N–H and O–H groups in total. The molecule has 0 bridgehead atoms. The minimum atomic E-state index is 0. The fourth-order valence-corrected chi connectivity index (χ4v) is 0.534. The average molecular weight is 160 g/mol. The van der Waals surface area contributed by atoms with Gasteiger partial charge in [0.05, 0.1) is 0 Å². The van der Waals surface area contributed by atoms with Crippen LogP contribution in [0.15, 0.2) is 30.3 Å². The van der Waals surface area contributed by atoms with Crippen LogP contribution >= 0.6 is 0 Å². The van der Waals surface area contributed by atoms with Gasteiger partial charge in [-0.25, -0.2) is 0 Å². The van der Waals surface area contributed by atoms with Gasteiger partial charge in [-0.15, -0.1) is 6.61 Å². The van der Waals surface area contributed by atoms with Crippen molar-refractivity contribution in [3.05, 3.63) is 35.9 Å². The summed E-state index contributed by atoms with van der Waals surface area (Å²) in [5.41, 5.74) is 1.32. The molecule has 0 unspecified atom stereocenters. The minimum Gasteiger partial charge on any atom is -0.855 e. The molecule has 0 saturated heterocycles. The van der Waals surface area contributed by atoms with E-state index in [1.807, 2.05) is 18.2 Å². The van der Waals surface area contributed by atoms with Crippen LogP contribution in [0.1, 0.15) is 12.5 Å². The van der Waals surface area contributed by atoms with Crippen LogP contribution in [0.25, 0.3) is 0 Å². The first-order valence-electron chi connectivity index (χ1n) is 3.41. The van der Waals surface area contributed by atoms with Crippen molar-refractivity contribution in [3.63, 3.8) is 0 Å². The second-order valence-corrected chi connectivity index (χ2v) is 1.94. The maximum atomic E-state index is 8.93. The third kappa shape index (κ3) is 10.2. The van der Waals surface area contributed by atoms with E-state index in [4.69, 9.17) is 5.11 Å². The first kappa shape index (κ1) is 13.7. The molecule has 0 atom stereocenters. The Bertz CT molecular complexity index is 151. The van der Waals surface area contributed by atoms with Crippen molar-refractivity contribution < 1.29 is 34.7 Å². The van der Waals surface area contributed by atoms with Gasteiger partial charge in [-0.3, -0.25) is 0 Å². The molecule has 0 aliphatic carbocycles. The summed E-state index contributed by atoms with van der Waals surface area (Å²) >= 11 is 0. The number of hydrogen-bond acceptors (Lipinski definition) is 1. The van der Waals surface area contributed by atoms with Crippen molar-refractivity contribution >= 4 is 0 Å². The van der Waals surface area contributed by atoms with E-state index in [-0.39, 0.29) is 36.2 Å². The van der Waals surface area contributed by atoms with E-state index in [0.717, 1.165) is 0 Å². The summed E-state index contributed by atoms with van der Waals surface area (Å²) < 4.78 is 0. The van der Waals surface area contributed by atoms with Crippen LogP contribution in [-0.4, -0.2) is 6.61 Å². The molecule has 1 aromatic carbocycles. The molecule has 0 saturated carbocycles. The van der Waals surface area contributed by atoms with Gasteiger partial charge in [0.2, 0.25) is 0 Å². The van der Waals surface area contributed by atoms with Crippen molar-refractivity contribution in [1.82, 2.24) is 0 Å². The van der Waals surface area contributed by atoms with Gasteiger partial charge in [0, 0.05) is 0 Å². The Labute approximate surface area is 90.7 Å². The fraction of sp³-hybridized carbons (Fsp3) is 0.333. The molecule has 0 amide bonds. The Morgan fingerprint density at radius 3 is 1.73 bits per heavy atom. The normalized spacial score (nSPS) is 7.18. The van der Waals surface area contributed by atoms with Crippen LogP contribution in [0.5, 0.6) is 0 Å². The largest absolute Gasteiger partial charge is 1.00 e. The molecule has 0 aliphatic rings. The summed E-state index contributed by atoms with van der Waals surface area (Å²) in [7, 11) is 0. The smallest absolute Gasteiger partial charge is 0.855 e. The first-order chi connectivity index (χ1) is 4.81. The Hall–Kier alpha value is 0.180. The second-order valence-electron chi connectivity index (χ2n) is 1.94. The summed E-state index contributed by atoms with van der Waals surface area (Å²) in [6.07, 6.45) is 0. The topological polar surface area (TPSA) is 23.1 Å². The molecule has 0 heterocycles. The summed E-state index contributed by atoms with van der Waals surface area (Å²) in [6, 6.07) is 10.3. The van der Waals surface area contributed by atoms with Crippen LogP contribution in [0.3, 0.4) is 0 Å². The molecule has 2 heteroatoms. The van der Waals surface area contributed by atoms with E-state index in [1.165, 1.54) is 5.56 Å². The van der Waals surface area contributed by atoms with Crippen LogP contribution in [0.2, 0.25) is 0 Å². The van der Waals surface area contributed by atoms with Crippen molar-refractivity contribution in [1.29, 1.82) is 0 Å². The number of hydrogen-bond donors (Lipinski definition) is 0. The van der Waals surface area contributed by atoms with Gasteiger partial charge in [0.15, 0.2) is 0 Å². The van der Waals surface area contributed by atoms with Crippen molar-refractivity contribution in [3.8, 4) is 0 Å². The number of benzene rings is 1. The van der Waals surface area contributed by atoms with E-state index in [9.17, 15) is 0 Å². The SMILES string of the molecule is CC[O-].Cc1ccccc1.[Na+]. The van der Waals surface area contributed by atoms with Gasteiger partial charge in [0.25, 0.3) is 0 Å². The fourth-order valence-electron chi connectivity index (χ4n) is 0.534. The Morgan fingerprint density at radius 1 is 1.18 bits per heavy atom. The molecule has 0 aromatic heterocycles. The van der Waals surface area contributed by atoms with Gasteiger partial charge in [-0.1, -0.05) is 42.8 Å². The zero-order chi connectivity index (χ0) is 7.82. The monoisotopic (exact) mass is 160 g/mol. The molecular weight excluding hydrogens is 147 g/mol. The van der Waals surface area contributed by atoms with Crippen molar-refractivity contribution in [2.24, 2.45) is 0 Å². The van der Waals surface area contributed by atoms with Crippen LogP contribution in [0, 0.1) is 6.92 Å². The van der Waals surface area contributed by atoms with E-state index in [0.29, 0.717) is 0 Å². The Kier molecular flexibility index (Phi) is 12.7. The van der Waals surface area contributed by atoms with Crippen LogP contribution in [0.4, 0.5) is 0 Å². The van der Waals surface area contributed by atoms with Crippen molar-refractivity contribution in [2.75, 3.05) is 6.61 Å². The summed E-state index contributed by atoms with van der Waals surface area (Å²) in [5, 5.41) is 8.93. The minimum absolute atomic E-state index is 0. The average Bonchev–Trinajstić information content (AvgIpc) is 1.91. The molecule has 1 rings (SSSR count). The third-order valence-corrected chi connectivity index (χ3v) is 0.940. The first-order valence-corrected chi connectivity index (χ1v) is 3.41. The predicted octanol–water partition coefficient (Wildman–Crippen LogP) is -1.63. The number of aryl methyl sites for hydroxylation is 1. The maximum Gasteiger partial charge on any atom is 1.00 e. The second kappa shape index (κ2) is 10.2. The van der Waals surface area contributed by atoms with Gasteiger partial charge in [-0.05, 0) is 6.92 Å². The third-order valence-electron chi connectivity index (χ3n) is 0.940. The van der Waals surface area contributed by atoms with Gasteiger partial charge < -0.3 is 5.11 Å². The zero-order valence-electron chi connectivity index (χ0n) is 7.50. The zero-order valence-corrected chi connectivity index (χ0v) is 9.50. The van der Waals surface area contributed by atoms with E-state index in [1.54, 1.807) is 6.92 Å². The summed E-state index contributed by atoms with van der Waals surface area (Å²) in [4.78, 5) is 0. The van der Waals surface area contributed by atoms with E-state index in [2.05, 4.69) is 19.1 Å². The molecule has 11 heavy (non-hydrogen) atoms. The standard InChI is InChI=1S/C7H8.C2H5O.Na/c1-7-5-3-2-4-6-7;1-2-3;/h2-6H,1H3;2H2,1H3;/q;-1;+1. The van der Waals surface area contributed by atoms with E-state index < -0.39 is 0 Å². The molecule has 0 radical (unpaired) electrons. The number of rotatable bonds is 0. The Balaban J connectivity index is 0. The quantitative estimate of drug-likeness (QED) is 0.418. The maximum absolute atomic E-state index is 8.93. The molecular formula is C9H13NaO. The van der Waals surface area contributed by atoms with Crippen molar-refractivity contribution in [2.45, 2.75) is 13.8 Å². The van der Waals surface area contributed by atoms with E-state index >= 15 is 0 Å². The molecule has 1 aromatic rings. The molecule has 0 aliphatic heterocycles. The molecule has 0 fully saturated rings. The van der Waals surface area contributed by atoms with Gasteiger partial charge in [0.1, 0.15) is 0 Å². The summed E-state index contributed by atoms with van der Waals surface area (Å²) in [6.45, 7) is 3.65. The van der Waals surface area contributed by atoms with Gasteiger partial charge >= 0.3 is 29.6 Å². The van der Waals surface area contributed by atoms with Gasteiger partial charge in [-0.2, -0.15) is 0 Å². The molecule has 0 spiro atoms. The Morgan fingerprint density at radius 2 is 1.55 bits per heavy atom. The predicted molar refractivity (Wildman–Crippen MR) is 41.7 cm³/mol.